The molecule has 1 aromatic carbocycles. The van der Waals surface area contributed by atoms with Gasteiger partial charge in [-0.25, -0.2) is 17.9 Å². The fraction of sp³-hybridized carbons (Fsp3) is 0.417. The average molecular weight is 285 g/mol. The lowest BCUT2D eigenvalue weighted by Crippen LogP contribution is -2.39. The maximum atomic E-state index is 12.2. The molecule has 1 aliphatic rings. The van der Waals surface area contributed by atoms with Crippen molar-refractivity contribution in [3.05, 3.63) is 29.3 Å². The minimum atomic E-state index is -3.83. The molecule has 1 fully saturated rings. The summed E-state index contributed by atoms with van der Waals surface area (Å²) in [6, 6.07) is 4.11. The quantitative estimate of drug-likeness (QED) is 0.730. The van der Waals surface area contributed by atoms with Crippen LogP contribution in [0.2, 0.25) is 0 Å². The number of hydrogen-bond donors (Lipinski definition) is 3. The van der Waals surface area contributed by atoms with Gasteiger partial charge in [0.15, 0.2) is 0 Å². The van der Waals surface area contributed by atoms with E-state index in [-0.39, 0.29) is 22.6 Å². The van der Waals surface area contributed by atoms with Crippen LogP contribution in [0.1, 0.15) is 28.8 Å². The Labute approximate surface area is 111 Å². The summed E-state index contributed by atoms with van der Waals surface area (Å²) in [5.41, 5.74) is -0.627. The molecule has 104 valence electrons. The second kappa shape index (κ2) is 4.59. The summed E-state index contributed by atoms with van der Waals surface area (Å²) in [6.07, 6.45) is 1.17. The average Bonchev–Trinajstić information content (AvgIpc) is 3.08. The van der Waals surface area contributed by atoms with Crippen molar-refractivity contribution in [3.8, 4) is 0 Å². The molecule has 2 rings (SSSR count). The van der Waals surface area contributed by atoms with Crippen molar-refractivity contribution < 1.29 is 23.4 Å². The SMILES string of the molecule is Cc1c(C(=O)O)cccc1S(=O)(=O)NC1(CO)CC1. The minimum absolute atomic E-state index is 0.0447. The zero-order chi connectivity index (χ0) is 14.3. The Morgan fingerprint density at radius 3 is 2.53 bits per heavy atom. The molecule has 19 heavy (non-hydrogen) atoms. The molecule has 0 heterocycles. The third-order valence-corrected chi connectivity index (χ3v) is 5.03. The summed E-state index contributed by atoms with van der Waals surface area (Å²) in [5.74, 6) is -1.17. The zero-order valence-corrected chi connectivity index (χ0v) is 11.2. The van der Waals surface area contributed by atoms with Crippen LogP contribution >= 0.6 is 0 Å². The van der Waals surface area contributed by atoms with Crippen molar-refractivity contribution in [1.82, 2.24) is 4.72 Å². The number of nitrogens with one attached hydrogen (secondary N) is 1. The van der Waals surface area contributed by atoms with Crippen LogP contribution in [0.4, 0.5) is 0 Å². The van der Waals surface area contributed by atoms with Gasteiger partial charge in [-0.3, -0.25) is 0 Å². The lowest BCUT2D eigenvalue weighted by atomic mass is 10.1. The van der Waals surface area contributed by atoms with Crippen LogP contribution in [0, 0.1) is 6.92 Å². The van der Waals surface area contributed by atoms with Crippen LogP contribution in [-0.2, 0) is 10.0 Å². The molecular weight excluding hydrogens is 270 g/mol. The van der Waals surface area contributed by atoms with Gasteiger partial charge in [-0.1, -0.05) is 6.07 Å². The number of rotatable bonds is 5. The van der Waals surface area contributed by atoms with E-state index in [2.05, 4.69) is 4.72 Å². The predicted molar refractivity (Wildman–Crippen MR) is 67.5 cm³/mol. The largest absolute Gasteiger partial charge is 0.478 e. The van der Waals surface area contributed by atoms with Gasteiger partial charge in [0.25, 0.3) is 0 Å². The molecule has 1 saturated carbocycles. The summed E-state index contributed by atoms with van der Waals surface area (Å²) in [7, 11) is -3.83. The zero-order valence-electron chi connectivity index (χ0n) is 10.4. The van der Waals surface area contributed by atoms with E-state index in [1.165, 1.54) is 25.1 Å². The van der Waals surface area contributed by atoms with Crippen molar-refractivity contribution in [2.45, 2.75) is 30.2 Å². The van der Waals surface area contributed by atoms with Gasteiger partial charge in [-0.2, -0.15) is 0 Å². The fourth-order valence-electron chi connectivity index (χ4n) is 1.92. The number of benzene rings is 1. The Morgan fingerprint density at radius 2 is 2.05 bits per heavy atom. The first-order valence-electron chi connectivity index (χ1n) is 5.79. The highest BCUT2D eigenvalue weighted by Gasteiger charge is 2.45. The topological polar surface area (TPSA) is 104 Å². The molecule has 6 nitrogen and oxygen atoms in total. The van der Waals surface area contributed by atoms with E-state index >= 15 is 0 Å². The van der Waals surface area contributed by atoms with E-state index in [0.29, 0.717) is 12.8 Å². The molecule has 0 spiro atoms. The van der Waals surface area contributed by atoms with Crippen LogP contribution < -0.4 is 4.72 Å². The highest BCUT2D eigenvalue weighted by Crippen LogP contribution is 2.36. The number of aliphatic hydroxyl groups excluding tert-OH is 1. The number of sulfonamides is 1. The van der Waals surface area contributed by atoms with E-state index in [4.69, 9.17) is 10.2 Å². The molecule has 0 bridgehead atoms. The van der Waals surface area contributed by atoms with E-state index in [9.17, 15) is 13.2 Å². The Morgan fingerprint density at radius 1 is 1.42 bits per heavy atom. The molecule has 3 N–H and O–H groups in total. The number of carboxylic acids is 1. The second-order valence-corrected chi connectivity index (χ2v) is 6.43. The van der Waals surface area contributed by atoms with Crippen LogP contribution in [0.5, 0.6) is 0 Å². The van der Waals surface area contributed by atoms with Crippen molar-refractivity contribution in [2.24, 2.45) is 0 Å². The van der Waals surface area contributed by atoms with Crippen LogP contribution in [0.25, 0.3) is 0 Å². The molecule has 1 aromatic rings. The van der Waals surface area contributed by atoms with Crippen molar-refractivity contribution >= 4 is 16.0 Å². The summed E-state index contributed by atoms with van der Waals surface area (Å²) in [4.78, 5) is 10.9. The maximum Gasteiger partial charge on any atom is 0.335 e. The van der Waals surface area contributed by atoms with Gasteiger partial charge in [0, 0.05) is 0 Å². The molecule has 1 aliphatic carbocycles. The number of carboxylic acid groups (broad SMARTS) is 1. The first kappa shape index (κ1) is 14.0. The predicted octanol–water partition coefficient (Wildman–Crippen LogP) is 0.496. The summed E-state index contributed by atoms with van der Waals surface area (Å²) in [5, 5.41) is 18.1. The third kappa shape index (κ3) is 2.63. The van der Waals surface area contributed by atoms with Crippen molar-refractivity contribution in [3.63, 3.8) is 0 Å². The maximum absolute atomic E-state index is 12.2. The van der Waals surface area contributed by atoms with Crippen LogP contribution in [-0.4, -0.2) is 36.7 Å². The third-order valence-electron chi connectivity index (χ3n) is 3.31. The van der Waals surface area contributed by atoms with Gasteiger partial charge in [0.05, 0.1) is 22.6 Å². The number of hydrogen-bond acceptors (Lipinski definition) is 4. The smallest absolute Gasteiger partial charge is 0.335 e. The Balaban J connectivity index is 2.41. The molecule has 0 aliphatic heterocycles. The normalized spacial score (nSPS) is 17.2. The van der Waals surface area contributed by atoms with E-state index in [1.54, 1.807) is 0 Å². The lowest BCUT2D eigenvalue weighted by molar-refractivity contribution is 0.0696. The Hall–Kier alpha value is -1.44. The molecule has 0 amide bonds. The number of carbonyl (C=O) groups is 1. The van der Waals surface area contributed by atoms with Gasteiger partial charge >= 0.3 is 5.97 Å². The highest BCUT2D eigenvalue weighted by atomic mass is 32.2. The fourth-order valence-corrected chi connectivity index (χ4v) is 3.64. The van der Waals surface area contributed by atoms with Gasteiger partial charge in [-0.15, -0.1) is 0 Å². The summed E-state index contributed by atoms with van der Waals surface area (Å²) >= 11 is 0. The monoisotopic (exact) mass is 285 g/mol. The number of aliphatic hydroxyl groups is 1. The summed E-state index contributed by atoms with van der Waals surface area (Å²) < 4.78 is 26.9. The van der Waals surface area contributed by atoms with E-state index in [1.807, 2.05) is 0 Å². The Kier molecular flexibility index (Phi) is 3.38. The molecule has 0 radical (unpaired) electrons. The van der Waals surface area contributed by atoms with Gasteiger partial charge in [0.2, 0.25) is 10.0 Å². The standard InChI is InChI=1S/C12H15NO5S/c1-8-9(11(15)16)3-2-4-10(8)19(17,18)13-12(7-14)5-6-12/h2-4,13-14H,5-7H2,1H3,(H,15,16). The van der Waals surface area contributed by atoms with E-state index < -0.39 is 21.5 Å². The van der Waals surface area contributed by atoms with E-state index in [0.717, 1.165) is 0 Å². The minimum Gasteiger partial charge on any atom is -0.478 e. The molecule has 7 heteroatoms. The number of aromatic carboxylic acids is 1. The molecule has 0 unspecified atom stereocenters. The molecule has 0 saturated heterocycles. The second-order valence-electron chi connectivity index (χ2n) is 4.78. The Bertz CT molecular complexity index is 619. The van der Waals surface area contributed by atoms with Gasteiger partial charge in [-0.05, 0) is 37.5 Å². The molecule has 0 aromatic heterocycles. The first-order valence-corrected chi connectivity index (χ1v) is 7.27. The molecular formula is C12H15NO5S. The molecule has 0 atom stereocenters. The van der Waals surface area contributed by atoms with Gasteiger partial charge in [0.1, 0.15) is 0 Å². The summed E-state index contributed by atoms with van der Waals surface area (Å²) in [6.45, 7) is 1.19. The lowest BCUT2D eigenvalue weighted by Gasteiger charge is -2.16. The van der Waals surface area contributed by atoms with Crippen molar-refractivity contribution in [1.29, 1.82) is 0 Å². The first-order chi connectivity index (χ1) is 8.81. The van der Waals surface area contributed by atoms with Crippen LogP contribution in [0.3, 0.4) is 0 Å². The highest BCUT2D eigenvalue weighted by molar-refractivity contribution is 7.89. The van der Waals surface area contributed by atoms with Gasteiger partial charge < -0.3 is 10.2 Å². The van der Waals surface area contributed by atoms with Crippen molar-refractivity contribution in [2.75, 3.05) is 6.61 Å². The van der Waals surface area contributed by atoms with Crippen LogP contribution in [0.15, 0.2) is 23.1 Å².